The molecule has 142 valence electrons. The number of nitrogens with zero attached hydrogens (tertiary/aromatic N) is 1. The maximum Gasteiger partial charge on any atom is 0.340 e. The summed E-state index contributed by atoms with van der Waals surface area (Å²) in [6.45, 7) is 6.95. The fourth-order valence-electron chi connectivity index (χ4n) is 2.74. The summed E-state index contributed by atoms with van der Waals surface area (Å²) < 4.78 is 5.05. The van der Waals surface area contributed by atoms with E-state index in [0.29, 0.717) is 11.4 Å². The van der Waals surface area contributed by atoms with Crippen LogP contribution in [0.15, 0.2) is 42.5 Å². The maximum absolute atomic E-state index is 12.5. The van der Waals surface area contributed by atoms with Gasteiger partial charge in [0.05, 0.1) is 17.9 Å². The van der Waals surface area contributed by atoms with Gasteiger partial charge in [-0.25, -0.2) is 4.79 Å². The number of amides is 2. The van der Waals surface area contributed by atoms with Crippen LogP contribution >= 0.6 is 0 Å². The Morgan fingerprint density at radius 2 is 1.78 bits per heavy atom. The van der Waals surface area contributed by atoms with Crippen molar-refractivity contribution in [1.29, 1.82) is 0 Å². The van der Waals surface area contributed by atoms with Gasteiger partial charge in [-0.2, -0.15) is 0 Å². The number of carbonyl (C=O) groups is 3. The zero-order valence-corrected chi connectivity index (χ0v) is 16.0. The molecular weight excluding hydrogens is 344 g/mol. The first kappa shape index (κ1) is 20.2. The van der Waals surface area contributed by atoms with Crippen LogP contribution in [0, 0.1) is 13.8 Å². The summed E-state index contributed by atoms with van der Waals surface area (Å²) in [7, 11) is 0. The minimum atomic E-state index is -0.533. The number of aryl methyl sites for hydroxylation is 2. The monoisotopic (exact) mass is 368 g/mol. The summed E-state index contributed by atoms with van der Waals surface area (Å²) in [6.07, 6.45) is 0. The third-order valence-electron chi connectivity index (χ3n) is 4.03. The fraction of sp³-hybridized carbons (Fsp3) is 0.286. The Balaban J connectivity index is 2.25. The van der Waals surface area contributed by atoms with E-state index in [2.05, 4.69) is 5.32 Å². The van der Waals surface area contributed by atoms with E-state index in [1.54, 1.807) is 31.2 Å². The zero-order chi connectivity index (χ0) is 20.0. The molecule has 0 spiro atoms. The quantitative estimate of drug-likeness (QED) is 0.792. The highest BCUT2D eigenvalue weighted by atomic mass is 16.5. The second-order valence-corrected chi connectivity index (χ2v) is 6.21. The second-order valence-electron chi connectivity index (χ2n) is 6.21. The highest BCUT2D eigenvalue weighted by molar-refractivity contribution is 6.06. The van der Waals surface area contributed by atoms with Crippen LogP contribution in [-0.2, 0) is 14.3 Å². The Hall–Kier alpha value is -3.15. The molecule has 0 radical (unpaired) electrons. The second kappa shape index (κ2) is 8.98. The molecule has 6 heteroatoms. The molecule has 2 amide bonds. The first-order chi connectivity index (χ1) is 12.8. The zero-order valence-electron chi connectivity index (χ0n) is 16.0. The van der Waals surface area contributed by atoms with Crippen molar-refractivity contribution in [2.24, 2.45) is 0 Å². The molecule has 2 aromatic rings. The third-order valence-corrected chi connectivity index (χ3v) is 4.03. The van der Waals surface area contributed by atoms with Crippen LogP contribution in [-0.4, -0.2) is 30.9 Å². The van der Waals surface area contributed by atoms with Crippen LogP contribution < -0.4 is 10.2 Å². The summed E-state index contributed by atoms with van der Waals surface area (Å²) >= 11 is 0. The van der Waals surface area contributed by atoms with E-state index in [1.807, 2.05) is 32.0 Å². The van der Waals surface area contributed by atoms with Crippen molar-refractivity contribution in [1.82, 2.24) is 0 Å². The standard InChI is InChI=1S/C21H24N2O4/c1-5-27-21(26)17-8-6-7-9-19(17)23(16(4)24)13-20(25)22-18-11-10-14(2)12-15(18)3/h6-12H,5,13H2,1-4H3,(H,22,25). The Labute approximate surface area is 159 Å². The molecule has 0 heterocycles. The molecule has 0 bridgehead atoms. The molecule has 0 fully saturated rings. The van der Waals surface area contributed by atoms with E-state index < -0.39 is 5.97 Å². The van der Waals surface area contributed by atoms with Gasteiger partial charge in [-0.3, -0.25) is 9.59 Å². The van der Waals surface area contributed by atoms with Crippen molar-refractivity contribution >= 4 is 29.2 Å². The number of nitrogens with one attached hydrogen (secondary N) is 1. The van der Waals surface area contributed by atoms with E-state index in [4.69, 9.17) is 4.74 Å². The molecule has 2 aromatic carbocycles. The average molecular weight is 368 g/mol. The lowest BCUT2D eigenvalue weighted by Crippen LogP contribution is -2.37. The Bertz CT molecular complexity index is 861. The van der Waals surface area contributed by atoms with Gasteiger partial charge in [-0.1, -0.05) is 29.8 Å². The first-order valence-electron chi connectivity index (χ1n) is 8.74. The highest BCUT2D eigenvalue weighted by Crippen LogP contribution is 2.22. The molecule has 0 unspecified atom stereocenters. The van der Waals surface area contributed by atoms with Crippen molar-refractivity contribution in [2.75, 3.05) is 23.4 Å². The minimum absolute atomic E-state index is 0.209. The van der Waals surface area contributed by atoms with Crippen LogP contribution in [0.4, 0.5) is 11.4 Å². The molecule has 0 atom stereocenters. The van der Waals surface area contributed by atoms with Crippen molar-refractivity contribution in [3.63, 3.8) is 0 Å². The van der Waals surface area contributed by atoms with Gasteiger partial charge < -0.3 is 15.0 Å². The lowest BCUT2D eigenvalue weighted by Gasteiger charge is -2.23. The van der Waals surface area contributed by atoms with Crippen molar-refractivity contribution < 1.29 is 19.1 Å². The van der Waals surface area contributed by atoms with E-state index in [1.165, 1.54) is 11.8 Å². The largest absolute Gasteiger partial charge is 0.462 e. The van der Waals surface area contributed by atoms with Crippen molar-refractivity contribution in [3.05, 3.63) is 59.2 Å². The highest BCUT2D eigenvalue weighted by Gasteiger charge is 2.22. The Kier molecular flexibility index (Phi) is 6.71. The summed E-state index contributed by atoms with van der Waals surface area (Å²) in [5, 5.41) is 2.82. The summed E-state index contributed by atoms with van der Waals surface area (Å²) in [6, 6.07) is 12.3. The predicted octanol–water partition coefficient (Wildman–Crippen LogP) is 3.47. The molecule has 0 aliphatic heterocycles. The van der Waals surface area contributed by atoms with Crippen LogP contribution in [0.3, 0.4) is 0 Å². The first-order valence-corrected chi connectivity index (χ1v) is 8.74. The topological polar surface area (TPSA) is 75.7 Å². The van der Waals surface area contributed by atoms with E-state index in [-0.39, 0.29) is 30.5 Å². The van der Waals surface area contributed by atoms with Gasteiger partial charge in [0.25, 0.3) is 0 Å². The molecule has 0 saturated heterocycles. The van der Waals surface area contributed by atoms with E-state index >= 15 is 0 Å². The summed E-state index contributed by atoms with van der Waals surface area (Å²) in [5.41, 5.74) is 3.31. The summed E-state index contributed by atoms with van der Waals surface area (Å²) in [4.78, 5) is 38.1. The van der Waals surface area contributed by atoms with Gasteiger partial charge >= 0.3 is 5.97 Å². The molecule has 0 saturated carbocycles. The van der Waals surface area contributed by atoms with Gasteiger partial charge in [-0.05, 0) is 44.5 Å². The number of para-hydroxylation sites is 1. The van der Waals surface area contributed by atoms with Gasteiger partial charge in [0.1, 0.15) is 6.54 Å². The number of hydrogen-bond acceptors (Lipinski definition) is 4. The van der Waals surface area contributed by atoms with Crippen LogP contribution in [0.5, 0.6) is 0 Å². The van der Waals surface area contributed by atoms with Crippen LogP contribution in [0.25, 0.3) is 0 Å². The molecular formula is C21H24N2O4. The molecule has 1 N–H and O–H groups in total. The average Bonchev–Trinajstić information content (AvgIpc) is 2.62. The number of hydrogen-bond donors (Lipinski definition) is 1. The molecule has 27 heavy (non-hydrogen) atoms. The number of esters is 1. The summed E-state index contributed by atoms with van der Waals surface area (Å²) in [5.74, 6) is -1.23. The lowest BCUT2D eigenvalue weighted by atomic mass is 10.1. The van der Waals surface area contributed by atoms with Gasteiger partial charge in [0, 0.05) is 12.6 Å². The van der Waals surface area contributed by atoms with Gasteiger partial charge in [0.15, 0.2) is 0 Å². The van der Waals surface area contributed by atoms with E-state index in [9.17, 15) is 14.4 Å². The molecule has 0 aromatic heterocycles. The van der Waals surface area contributed by atoms with Crippen LogP contribution in [0.1, 0.15) is 35.3 Å². The predicted molar refractivity (Wildman–Crippen MR) is 105 cm³/mol. The van der Waals surface area contributed by atoms with Crippen LogP contribution in [0.2, 0.25) is 0 Å². The smallest absolute Gasteiger partial charge is 0.340 e. The number of ether oxygens (including phenoxy) is 1. The molecule has 0 aliphatic carbocycles. The Morgan fingerprint density at radius 1 is 1.07 bits per heavy atom. The number of carbonyl (C=O) groups excluding carboxylic acids is 3. The van der Waals surface area contributed by atoms with E-state index in [0.717, 1.165) is 11.1 Å². The third kappa shape index (κ3) is 5.17. The number of anilines is 2. The lowest BCUT2D eigenvalue weighted by molar-refractivity contribution is -0.120. The maximum atomic E-state index is 12.5. The number of rotatable bonds is 6. The minimum Gasteiger partial charge on any atom is -0.462 e. The van der Waals surface area contributed by atoms with Crippen molar-refractivity contribution in [3.8, 4) is 0 Å². The fourth-order valence-corrected chi connectivity index (χ4v) is 2.74. The molecule has 0 aliphatic rings. The van der Waals surface area contributed by atoms with Gasteiger partial charge in [-0.15, -0.1) is 0 Å². The molecule has 6 nitrogen and oxygen atoms in total. The number of benzene rings is 2. The van der Waals surface area contributed by atoms with Gasteiger partial charge in [0.2, 0.25) is 11.8 Å². The molecule has 2 rings (SSSR count). The van der Waals surface area contributed by atoms with Crippen molar-refractivity contribution in [2.45, 2.75) is 27.7 Å². The SMILES string of the molecule is CCOC(=O)c1ccccc1N(CC(=O)Nc1ccc(C)cc1C)C(C)=O. The normalized spacial score (nSPS) is 10.2. The Morgan fingerprint density at radius 3 is 2.41 bits per heavy atom.